The monoisotopic (exact) mass is 442 g/mol. The van der Waals surface area contributed by atoms with Crippen LogP contribution in [0.4, 0.5) is 0 Å². The zero-order valence-electron chi connectivity index (χ0n) is 18.5. The zero-order chi connectivity index (χ0) is 22.6. The molecule has 2 aliphatic carbocycles. The molecule has 0 aromatic carbocycles. The van der Waals surface area contributed by atoms with Crippen molar-refractivity contribution in [2.45, 2.75) is 51.4 Å². The van der Waals surface area contributed by atoms with Crippen LogP contribution < -0.4 is 0 Å². The number of methoxy groups -OCH3 is 2. The molecule has 0 aromatic heterocycles. The molecule has 9 nitrogen and oxygen atoms in total. The van der Waals surface area contributed by atoms with Crippen LogP contribution in [0.3, 0.4) is 0 Å². The number of hydrogen-bond donors (Lipinski definition) is 0. The number of carbonyl (C=O) groups is 4. The normalized spacial score (nSPS) is 25.9. The minimum Gasteiger partial charge on any atom is -0.469 e. The first-order chi connectivity index (χ1) is 15.0. The third kappa shape index (κ3) is 8.12. The maximum atomic E-state index is 12.2. The summed E-state index contributed by atoms with van der Waals surface area (Å²) in [6, 6.07) is 0. The van der Waals surface area contributed by atoms with Crippen molar-refractivity contribution in [1.29, 1.82) is 0 Å². The van der Waals surface area contributed by atoms with Crippen LogP contribution in [-0.4, -0.2) is 64.5 Å². The molecule has 0 unspecified atom stereocenters. The van der Waals surface area contributed by atoms with E-state index >= 15 is 0 Å². The van der Waals surface area contributed by atoms with Crippen LogP contribution in [0.15, 0.2) is 0 Å². The molecule has 2 saturated carbocycles. The average Bonchev–Trinajstić information content (AvgIpc) is 2.82. The highest BCUT2D eigenvalue weighted by atomic mass is 16.6. The highest BCUT2D eigenvalue weighted by Gasteiger charge is 2.33. The van der Waals surface area contributed by atoms with Gasteiger partial charge in [0.15, 0.2) is 0 Å². The topological polar surface area (TPSA) is 114 Å². The highest BCUT2D eigenvalue weighted by Crippen LogP contribution is 2.31. The summed E-state index contributed by atoms with van der Waals surface area (Å²) in [5.41, 5.74) is 0. The molecule has 0 heterocycles. The summed E-state index contributed by atoms with van der Waals surface area (Å²) in [4.78, 5) is 47.7. The first kappa shape index (κ1) is 25.1. The smallest absolute Gasteiger partial charge is 0.309 e. The molecule has 2 rings (SSSR count). The van der Waals surface area contributed by atoms with Crippen LogP contribution in [0.25, 0.3) is 0 Å². The number of rotatable bonds is 10. The first-order valence-corrected chi connectivity index (χ1v) is 11.0. The van der Waals surface area contributed by atoms with Crippen LogP contribution in [0.1, 0.15) is 51.4 Å². The van der Waals surface area contributed by atoms with E-state index in [9.17, 15) is 19.2 Å². The predicted molar refractivity (Wildman–Crippen MR) is 108 cm³/mol. The Morgan fingerprint density at radius 2 is 0.935 bits per heavy atom. The van der Waals surface area contributed by atoms with Crippen LogP contribution in [0.5, 0.6) is 0 Å². The van der Waals surface area contributed by atoms with E-state index in [1.54, 1.807) is 0 Å². The lowest BCUT2D eigenvalue weighted by molar-refractivity contribution is -0.155. The van der Waals surface area contributed by atoms with Gasteiger partial charge in [-0.05, 0) is 38.5 Å². The second-order valence-corrected chi connectivity index (χ2v) is 8.11. The standard InChI is InChI=1S/C22H34O9/c1-27-19(23)15-5-3-7-17(13-15)21(25)30-11-9-29-10-12-31-22(26)18-8-4-6-16(14-18)20(24)28-2/h15-18H,3-14H2,1-2H3/t15-,16+,17-,18+. The molecule has 31 heavy (non-hydrogen) atoms. The van der Waals surface area contributed by atoms with Gasteiger partial charge in [0.05, 0.1) is 51.1 Å². The first-order valence-electron chi connectivity index (χ1n) is 11.0. The lowest BCUT2D eigenvalue weighted by Crippen LogP contribution is -2.30. The fraction of sp³-hybridized carbons (Fsp3) is 0.818. The zero-order valence-corrected chi connectivity index (χ0v) is 18.5. The van der Waals surface area contributed by atoms with Gasteiger partial charge in [0, 0.05) is 0 Å². The second-order valence-electron chi connectivity index (χ2n) is 8.11. The van der Waals surface area contributed by atoms with Gasteiger partial charge in [0.1, 0.15) is 13.2 Å². The van der Waals surface area contributed by atoms with Gasteiger partial charge in [-0.15, -0.1) is 0 Å². The van der Waals surface area contributed by atoms with Gasteiger partial charge in [-0.2, -0.15) is 0 Å². The van der Waals surface area contributed by atoms with Gasteiger partial charge < -0.3 is 23.7 Å². The van der Waals surface area contributed by atoms with Gasteiger partial charge in [-0.3, -0.25) is 19.2 Å². The number of ether oxygens (including phenoxy) is 5. The third-order valence-corrected chi connectivity index (χ3v) is 6.03. The van der Waals surface area contributed by atoms with E-state index in [2.05, 4.69) is 0 Å². The summed E-state index contributed by atoms with van der Waals surface area (Å²) in [5, 5.41) is 0. The number of esters is 4. The number of carbonyl (C=O) groups excluding carboxylic acids is 4. The van der Waals surface area contributed by atoms with E-state index in [4.69, 9.17) is 23.7 Å². The Morgan fingerprint density at radius 3 is 1.29 bits per heavy atom. The highest BCUT2D eigenvalue weighted by molar-refractivity contribution is 5.77. The summed E-state index contributed by atoms with van der Waals surface area (Å²) < 4.78 is 25.4. The Balaban J connectivity index is 1.54. The summed E-state index contributed by atoms with van der Waals surface area (Å²) >= 11 is 0. The molecule has 0 radical (unpaired) electrons. The molecule has 0 saturated heterocycles. The summed E-state index contributed by atoms with van der Waals surface area (Å²) in [6.07, 6.45) is 5.40. The quantitative estimate of drug-likeness (QED) is 0.285. The average molecular weight is 443 g/mol. The molecule has 0 N–H and O–H groups in total. The van der Waals surface area contributed by atoms with E-state index < -0.39 is 0 Å². The molecule has 9 heteroatoms. The van der Waals surface area contributed by atoms with Crippen molar-refractivity contribution in [2.75, 3.05) is 40.6 Å². The minimum atomic E-state index is -0.318. The Morgan fingerprint density at radius 1 is 0.581 bits per heavy atom. The number of hydrogen-bond acceptors (Lipinski definition) is 9. The SMILES string of the molecule is COC(=O)[C@@H]1CCC[C@@H](C(=O)OCCOCCOC(=O)[C@H]2CCC[C@H](C(=O)OC)C2)C1. The van der Waals surface area contributed by atoms with Gasteiger partial charge in [-0.25, -0.2) is 0 Å². The predicted octanol–water partition coefficient (Wildman–Crippen LogP) is 2.05. The van der Waals surface area contributed by atoms with Crippen molar-refractivity contribution in [2.24, 2.45) is 23.7 Å². The van der Waals surface area contributed by atoms with Gasteiger partial charge >= 0.3 is 23.9 Å². The molecule has 2 aliphatic rings. The second kappa shape index (κ2) is 13.3. The maximum Gasteiger partial charge on any atom is 0.309 e. The lowest BCUT2D eigenvalue weighted by Gasteiger charge is -2.26. The van der Waals surface area contributed by atoms with Crippen LogP contribution in [-0.2, 0) is 42.9 Å². The minimum absolute atomic E-state index is 0.107. The Bertz CT molecular complexity index is 566. The fourth-order valence-corrected chi connectivity index (χ4v) is 4.31. The van der Waals surface area contributed by atoms with Crippen LogP contribution >= 0.6 is 0 Å². The van der Waals surface area contributed by atoms with E-state index in [1.807, 2.05) is 0 Å². The van der Waals surface area contributed by atoms with Gasteiger partial charge in [0.25, 0.3) is 0 Å². The summed E-state index contributed by atoms with van der Waals surface area (Å²) in [5.74, 6) is -2.24. The molecule has 0 aliphatic heterocycles. The van der Waals surface area contributed by atoms with Crippen LogP contribution in [0, 0.1) is 23.7 Å². The molecular formula is C22H34O9. The van der Waals surface area contributed by atoms with E-state index in [0.717, 1.165) is 25.7 Å². The molecule has 0 bridgehead atoms. The molecule has 4 atom stereocenters. The van der Waals surface area contributed by atoms with Crippen molar-refractivity contribution in [1.82, 2.24) is 0 Å². The Hall–Kier alpha value is -2.16. The van der Waals surface area contributed by atoms with Crippen molar-refractivity contribution in [3.05, 3.63) is 0 Å². The van der Waals surface area contributed by atoms with E-state index in [0.29, 0.717) is 25.7 Å². The third-order valence-electron chi connectivity index (χ3n) is 6.03. The van der Waals surface area contributed by atoms with Gasteiger partial charge in [-0.1, -0.05) is 12.8 Å². The van der Waals surface area contributed by atoms with Crippen LogP contribution in [0.2, 0.25) is 0 Å². The molecule has 176 valence electrons. The molecular weight excluding hydrogens is 408 g/mol. The Labute approximate surface area is 183 Å². The van der Waals surface area contributed by atoms with E-state index in [1.165, 1.54) is 14.2 Å². The van der Waals surface area contributed by atoms with E-state index in [-0.39, 0.29) is 74.0 Å². The maximum absolute atomic E-state index is 12.2. The largest absolute Gasteiger partial charge is 0.469 e. The summed E-state index contributed by atoms with van der Waals surface area (Å²) in [7, 11) is 2.71. The summed E-state index contributed by atoms with van der Waals surface area (Å²) in [6.45, 7) is 0.611. The van der Waals surface area contributed by atoms with Crippen molar-refractivity contribution in [3.63, 3.8) is 0 Å². The molecule has 2 fully saturated rings. The lowest BCUT2D eigenvalue weighted by atomic mass is 9.81. The van der Waals surface area contributed by atoms with Crippen molar-refractivity contribution >= 4 is 23.9 Å². The van der Waals surface area contributed by atoms with Crippen molar-refractivity contribution < 1.29 is 42.9 Å². The fourth-order valence-electron chi connectivity index (χ4n) is 4.31. The van der Waals surface area contributed by atoms with Crippen molar-refractivity contribution in [3.8, 4) is 0 Å². The Kier molecular flexibility index (Phi) is 10.8. The van der Waals surface area contributed by atoms with Gasteiger partial charge in [0.2, 0.25) is 0 Å². The molecule has 0 spiro atoms. The molecule has 0 amide bonds. The molecule has 0 aromatic rings.